The van der Waals surface area contributed by atoms with E-state index >= 15 is 0 Å². The van der Waals surface area contributed by atoms with E-state index in [9.17, 15) is 4.55 Å². The quantitative estimate of drug-likeness (QED) is 0.109. The fourth-order valence-electron chi connectivity index (χ4n) is 3.14. The monoisotopic (exact) mass is 458 g/mol. The summed E-state index contributed by atoms with van der Waals surface area (Å²) in [5, 5.41) is 8.69. The standard InChI is InChI=1S/C21H44O2S.H3O4P/c1-2-3-4-5-6-7-8-9-10-11-12-13-14-15-16-17-20-24(23)21-18-19-22;1-5(2,3)4/h22H,2-21H2,1H3;(H3,1,2,3,4). The van der Waals surface area contributed by atoms with Crippen molar-refractivity contribution in [3.8, 4) is 0 Å². The first-order chi connectivity index (χ1) is 13.8. The van der Waals surface area contributed by atoms with Gasteiger partial charge in [-0.15, -0.1) is 0 Å². The summed E-state index contributed by atoms with van der Waals surface area (Å²) in [6.45, 7) is 2.45. The molecule has 8 heteroatoms. The molecule has 0 aliphatic rings. The highest BCUT2D eigenvalue weighted by Gasteiger charge is 2.04. The zero-order valence-corrected chi connectivity index (χ0v) is 20.3. The summed E-state index contributed by atoms with van der Waals surface area (Å²) in [6, 6.07) is 0. The molecule has 0 spiro atoms. The third-order valence-corrected chi connectivity index (χ3v) is 6.24. The molecule has 0 aromatic rings. The Bertz CT molecular complexity index is 346. The van der Waals surface area contributed by atoms with Crippen molar-refractivity contribution in [2.24, 2.45) is 0 Å². The fraction of sp³-hybridized carbons (Fsp3) is 1.00. The number of unbranched alkanes of at least 4 members (excludes halogenated alkanes) is 15. The van der Waals surface area contributed by atoms with Crippen molar-refractivity contribution in [3.63, 3.8) is 0 Å². The van der Waals surface area contributed by atoms with Crippen molar-refractivity contribution >= 4 is 19.0 Å². The lowest BCUT2D eigenvalue weighted by molar-refractivity contribution is 0.275. The Labute approximate surface area is 182 Å². The van der Waals surface area contributed by atoms with Crippen LogP contribution in [-0.2, 0) is 15.7 Å². The average Bonchev–Trinajstić information content (AvgIpc) is 2.64. The highest BCUT2D eigenvalue weighted by molar-refractivity contribution is 7.91. The Kier molecular flexibility index (Phi) is 26.8. The molecule has 29 heavy (non-hydrogen) atoms. The molecular weight excluding hydrogens is 411 g/mol. The van der Waals surface area contributed by atoms with Crippen LogP contribution in [0.5, 0.6) is 0 Å². The molecule has 1 unspecified atom stereocenters. The van der Waals surface area contributed by atoms with Crippen molar-refractivity contribution < 1.29 is 28.9 Å². The maximum absolute atomic E-state index is 11.5. The normalized spacial score (nSPS) is 12.5. The number of aliphatic hydroxyl groups excluding tert-OH is 1. The maximum Gasteiger partial charge on any atom is 0.466 e. The number of rotatable bonds is 20. The second kappa shape index (κ2) is 24.6. The molecule has 0 saturated carbocycles. The van der Waals surface area contributed by atoms with Gasteiger partial charge in [0.05, 0.1) is 0 Å². The van der Waals surface area contributed by atoms with E-state index in [1.54, 1.807) is 0 Å². The smallest absolute Gasteiger partial charge is 0.466 e. The summed E-state index contributed by atoms with van der Waals surface area (Å²) in [5.74, 6) is 1.51. The molecule has 0 aliphatic heterocycles. The van der Waals surface area contributed by atoms with E-state index in [4.69, 9.17) is 24.4 Å². The van der Waals surface area contributed by atoms with Crippen LogP contribution < -0.4 is 0 Å². The van der Waals surface area contributed by atoms with Gasteiger partial charge in [0.15, 0.2) is 0 Å². The summed E-state index contributed by atoms with van der Waals surface area (Å²) in [5.41, 5.74) is 0. The number of phosphoric acid groups is 1. The second-order valence-electron chi connectivity index (χ2n) is 7.74. The van der Waals surface area contributed by atoms with Crippen LogP contribution >= 0.6 is 7.82 Å². The molecule has 0 radical (unpaired) electrons. The van der Waals surface area contributed by atoms with Gasteiger partial charge < -0.3 is 24.3 Å². The molecule has 0 aromatic heterocycles. The lowest BCUT2D eigenvalue weighted by Gasteiger charge is -2.09. The lowest BCUT2D eigenvalue weighted by Crippen LogP contribution is -2.12. The van der Waals surface area contributed by atoms with Crippen molar-refractivity contribution in [2.45, 2.75) is 116 Å². The molecule has 6 nitrogen and oxygen atoms in total. The molecule has 178 valence electrons. The minimum absolute atomic E-state index is 0.171. The molecule has 0 aromatic carbocycles. The van der Waals surface area contributed by atoms with Crippen LogP contribution in [0.3, 0.4) is 0 Å². The average molecular weight is 459 g/mol. The topological polar surface area (TPSA) is 121 Å². The van der Waals surface area contributed by atoms with E-state index in [1.807, 2.05) is 0 Å². The van der Waals surface area contributed by atoms with Crippen LogP contribution in [0, 0.1) is 0 Å². The summed E-state index contributed by atoms with van der Waals surface area (Å²) in [6.07, 6.45) is 22.7. The Morgan fingerprint density at radius 1 is 0.621 bits per heavy atom. The van der Waals surface area contributed by atoms with Crippen molar-refractivity contribution in [2.75, 3.05) is 18.1 Å². The van der Waals surface area contributed by atoms with Gasteiger partial charge in [0, 0.05) is 13.0 Å². The van der Waals surface area contributed by atoms with E-state index in [1.165, 1.54) is 96.3 Å². The van der Waals surface area contributed by atoms with Crippen LogP contribution in [0.25, 0.3) is 0 Å². The first kappa shape index (κ1) is 31.6. The highest BCUT2D eigenvalue weighted by Crippen LogP contribution is 2.25. The van der Waals surface area contributed by atoms with Gasteiger partial charge in [0.1, 0.15) is 11.5 Å². The third kappa shape index (κ3) is 39.4. The summed E-state index contributed by atoms with van der Waals surface area (Å²) in [7, 11) is -4.64. The largest absolute Gasteiger partial charge is 0.616 e. The van der Waals surface area contributed by atoms with E-state index < -0.39 is 19.0 Å². The Balaban J connectivity index is 0. The van der Waals surface area contributed by atoms with Gasteiger partial charge >= 0.3 is 7.82 Å². The SMILES string of the molecule is CCCCCCCCCCCCCCCCCC[S+]([O-])CCCO.O=P(O)(O)O. The minimum Gasteiger partial charge on any atom is -0.616 e. The van der Waals surface area contributed by atoms with E-state index in [0.717, 1.165) is 12.2 Å². The van der Waals surface area contributed by atoms with Crippen molar-refractivity contribution in [1.82, 2.24) is 0 Å². The van der Waals surface area contributed by atoms with Gasteiger partial charge in [-0.25, -0.2) is 4.57 Å². The fourth-order valence-corrected chi connectivity index (χ4v) is 4.32. The lowest BCUT2D eigenvalue weighted by atomic mass is 10.0. The molecule has 0 bridgehead atoms. The van der Waals surface area contributed by atoms with Gasteiger partial charge in [-0.05, 0) is 12.8 Å². The Morgan fingerprint density at radius 2 is 0.897 bits per heavy atom. The van der Waals surface area contributed by atoms with Crippen LogP contribution in [0.2, 0.25) is 0 Å². The van der Waals surface area contributed by atoms with Gasteiger partial charge in [-0.3, -0.25) is 0 Å². The third-order valence-electron chi connectivity index (χ3n) is 4.76. The molecule has 0 amide bonds. The second-order valence-corrected chi connectivity index (χ2v) is 10.5. The predicted molar refractivity (Wildman–Crippen MR) is 123 cm³/mol. The molecule has 0 heterocycles. The number of hydrogen-bond donors (Lipinski definition) is 4. The van der Waals surface area contributed by atoms with Gasteiger partial charge in [-0.2, -0.15) is 0 Å². The van der Waals surface area contributed by atoms with Crippen LogP contribution in [-0.4, -0.2) is 42.5 Å². The number of aliphatic hydroxyl groups is 1. The zero-order chi connectivity index (χ0) is 22.2. The summed E-state index contributed by atoms with van der Waals surface area (Å²) in [4.78, 5) is 21.6. The molecule has 4 N–H and O–H groups in total. The molecular formula is C21H47O6PS. The van der Waals surface area contributed by atoms with Crippen LogP contribution in [0.15, 0.2) is 0 Å². The van der Waals surface area contributed by atoms with E-state index in [0.29, 0.717) is 12.2 Å². The Hall–Kier alpha value is 0.380. The maximum atomic E-state index is 11.5. The summed E-state index contributed by atoms with van der Waals surface area (Å²) < 4.78 is 20.4. The molecule has 0 aliphatic carbocycles. The molecule has 0 rings (SSSR count). The van der Waals surface area contributed by atoms with Crippen LogP contribution in [0.4, 0.5) is 0 Å². The Morgan fingerprint density at radius 3 is 1.21 bits per heavy atom. The van der Waals surface area contributed by atoms with Crippen molar-refractivity contribution in [3.05, 3.63) is 0 Å². The van der Waals surface area contributed by atoms with Crippen molar-refractivity contribution in [1.29, 1.82) is 0 Å². The number of hydrogen-bond acceptors (Lipinski definition) is 3. The molecule has 0 saturated heterocycles. The van der Waals surface area contributed by atoms with Gasteiger partial charge in [0.2, 0.25) is 0 Å². The molecule has 1 atom stereocenters. The van der Waals surface area contributed by atoms with Gasteiger partial charge in [0.25, 0.3) is 0 Å². The van der Waals surface area contributed by atoms with Crippen LogP contribution in [0.1, 0.15) is 116 Å². The highest BCUT2D eigenvalue weighted by atomic mass is 32.2. The zero-order valence-electron chi connectivity index (χ0n) is 18.6. The first-order valence-corrected chi connectivity index (χ1v) is 14.6. The first-order valence-electron chi connectivity index (χ1n) is 11.5. The van der Waals surface area contributed by atoms with E-state index in [-0.39, 0.29) is 6.61 Å². The van der Waals surface area contributed by atoms with Gasteiger partial charge in [-0.1, -0.05) is 108 Å². The molecule has 0 fully saturated rings. The minimum atomic E-state index is -4.64. The summed E-state index contributed by atoms with van der Waals surface area (Å²) >= 11 is -0.697. The van der Waals surface area contributed by atoms with E-state index in [2.05, 4.69) is 6.92 Å². The predicted octanol–water partition coefficient (Wildman–Crippen LogP) is 5.45.